The van der Waals surface area contributed by atoms with Crippen LogP contribution in [0.2, 0.25) is 0 Å². The summed E-state index contributed by atoms with van der Waals surface area (Å²) >= 11 is 0. The first kappa shape index (κ1) is 17.5. The van der Waals surface area contributed by atoms with E-state index in [0.717, 1.165) is 6.07 Å². The number of nitrogens with zero attached hydrogens (tertiary/aromatic N) is 3. The first-order valence-electron chi connectivity index (χ1n) is 7.41. The van der Waals surface area contributed by atoms with Crippen molar-refractivity contribution in [3.63, 3.8) is 0 Å². The minimum Gasteiger partial charge on any atom is -0.501 e. The van der Waals surface area contributed by atoms with Gasteiger partial charge in [-0.05, 0) is 39.8 Å². The van der Waals surface area contributed by atoms with Crippen LogP contribution in [0.15, 0.2) is 24.4 Å². The molecule has 128 valence electrons. The van der Waals surface area contributed by atoms with Gasteiger partial charge < -0.3 is 9.84 Å². The summed E-state index contributed by atoms with van der Waals surface area (Å²) in [4.78, 5) is 28.2. The van der Waals surface area contributed by atoms with Crippen molar-refractivity contribution >= 4 is 28.4 Å². The smallest absolute Gasteiger partial charge is 0.414 e. The maximum atomic E-state index is 12.5. The maximum absolute atomic E-state index is 12.5. The molecule has 0 aliphatic heterocycles. The Morgan fingerprint density at radius 2 is 2.12 bits per heavy atom. The molecule has 1 N–H and O–H groups in total. The lowest BCUT2D eigenvalue weighted by molar-refractivity contribution is -0.385. The number of rotatable bonds is 3. The molecule has 1 aromatic heterocycles. The molecule has 8 heteroatoms. The maximum Gasteiger partial charge on any atom is 0.414 e. The molecular formula is C16H19N3O5. The van der Waals surface area contributed by atoms with Gasteiger partial charge in [-0.25, -0.2) is 4.79 Å². The van der Waals surface area contributed by atoms with Gasteiger partial charge in [0.2, 0.25) is 5.75 Å². The fraction of sp³-hybridized carbons (Fsp3) is 0.375. The van der Waals surface area contributed by atoms with Crippen molar-refractivity contribution in [1.82, 2.24) is 4.98 Å². The van der Waals surface area contributed by atoms with E-state index in [1.165, 1.54) is 11.1 Å². The number of anilines is 1. The summed E-state index contributed by atoms with van der Waals surface area (Å²) in [7, 11) is 0. The van der Waals surface area contributed by atoms with Crippen LogP contribution in [0.4, 0.5) is 16.2 Å². The molecular weight excluding hydrogens is 314 g/mol. The fourth-order valence-electron chi connectivity index (χ4n) is 2.27. The van der Waals surface area contributed by atoms with Gasteiger partial charge in [0.25, 0.3) is 0 Å². The predicted molar refractivity (Wildman–Crippen MR) is 89.3 cm³/mol. The number of phenols is 1. The van der Waals surface area contributed by atoms with Crippen molar-refractivity contribution in [2.24, 2.45) is 0 Å². The molecule has 1 heterocycles. The summed E-state index contributed by atoms with van der Waals surface area (Å²) in [5.41, 5.74) is -0.900. The third kappa shape index (κ3) is 3.37. The Labute approximate surface area is 138 Å². The highest BCUT2D eigenvalue weighted by molar-refractivity contribution is 6.04. The number of aromatic nitrogens is 1. The number of phenolic OH excluding ortho intramolecular Hbond substituents is 1. The lowest BCUT2D eigenvalue weighted by Gasteiger charge is -2.27. The van der Waals surface area contributed by atoms with Gasteiger partial charge in [0.1, 0.15) is 11.1 Å². The minimum absolute atomic E-state index is 0.0590. The van der Waals surface area contributed by atoms with Crippen molar-refractivity contribution in [3.8, 4) is 5.75 Å². The summed E-state index contributed by atoms with van der Waals surface area (Å²) in [5.74, 6) is -0.528. The minimum atomic E-state index is -0.712. The van der Waals surface area contributed by atoms with E-state index < -0.39 is 28.1 Å². The van der Waals surface area contributed by atoms with Gasteiger partial charge in [-0.2, -0.15) is 0 Å². The van der Waals surface area contributed by atoms with Crippen LogP contribution in [-0.4, -0.2) is 33.3 Å². The molecule has 0 saturated carbocycles. The highest BCUT2D eigenvalue weighted by Crippen LogP contribution is 2.39. The molecule has 0 unspecified atom stereocenters. The first-order valence-corrected chi connectivity index (χ1v) is 7.41. The number of hydrogen-bond donors (Lipinski definition) is 1. The van der Waals surface area contributed by atoms with Crippen molar-refractivity contribution in [2.45, 2.75) is 33.3 Å². The van der Waals surface area contributed by atoms with Gasteiger partial charge in [0.15, 0.2) is 0 Å². The molecule has 1 aromatic carbocycles. The average Bonchev–Trinajstić information content (AvgIpc) is 2.48. The van der Waals surface area contributed by atoms with E-state index in [-0.39, 0.29) is 17.7 Å². The molecule has 0 atom stereocenters. The molecule has 24 heavy (non-hydrogen) atoms. The molecule has 0 spiro atoms. The van der Waals surface area contributed by atoms with E-state index >= 15 is 0 Å². The van der Waals surface area contributed by atoms with Gasteiger partial charge in [-0.3, -0.25) is 20.0 Å². The topological polar surface area (TPSA) is 106 Å². The Morgan fingerprint density at radius 3 is 2.67 bits per heavy atom. The molecule has 0 aliphatic rings. The van der Waals surface area contributed by atoms with Crippen LogP contribution < -0.4 is 4.90 Å². The van der Waals surface area contributed by atoms with Crippen LogP contribution in [0, 0.1) is 10.1 Å². The van der Waals surface area contributed by atoms with Crippen molar-refractivity contribution in [3.05, 3.63) is 34.5 Å². The molecule has 2 rings (SSSR count). The summed E-state index contributed by atoms with van der Waals surface area (Å²) in [5, 5.41) is 21.7. The number of pyridine rings is 1. The summed E-state index contributed by atoms with van der Waals surface area (Å²) in [6.45, 7) is 7.17. The Bertz CT molecular complexity index is 798. The van der Waals surface area contributed by atoms with Crippen LogP contribution >= 0.6 is 0 Å². The van der Waals surface area contributed by atoms with Crippen molar-refractivity contribution in [1.29, 1.82) is 0 Å². The highest BCUT2D eigenvalue weighted by atomic mass is 16.6. The van der Waals surface area contributed by atoms with E-state index in [1.807, 2.05) is 0 Å². The van der Waals surface area contributed by atoms with Gasteiger partial charge in [0.05, 0.1) is 10.6 Å². The highest BCUT2D eigenvalue weighted by Gasteiger charge is 2.28. The predicted octanol–water partition coefficient (Wildman–Crippen LogP) is 3.61. The van der Waals surface area contributed by atoms with Crippen LogP contribution in [-0.2, 0) is 4.74 Å². The van der Waals surface area contributed by atoms with Gasteiger partial charge in [0, 0.05) is 24.2 Å². The third-order valence-corrected chi connectivity index (χ3v) is 3.24. The van der Waals surface area contributed by atoms with E-state index in [0.29, 0.717) is 5.39 Å². The summed E-state index contributed by atoms with van der Waals surface area (Å²) in [6, 6.07) is 4.42. The zero-order valence-corrected chi connectivity index (χ0v) is 13.9. The molecule has 0 radical (unpaired) electrons. The monoisotopic (exact) mass is 333 g/mol. The number of ether oxygens (including phenoxy) is 1. The number of aromatic hydroxyl groups is 1. The molecule has 0 fully saturated rings. The zero-order chi connectivity index (χ0) is 18.1. The second-order valence-corrected chi connectivity index (χ2v) is 6.14. The van der Waals surface area contributed by atoms with Crippen molar-refractivity contribution in [2.75, 3.05) is 11.4 Å². The van der Waals surface area contributed by atoms with Crippen molar-refractivity contribution < 1.29 is 19.6 Å². The number of fused-ring (bicyclic) bond motifs is 1. The van der Waals surface area contributed by atoms with Crippen LogP contribution in [0.1, 0.15) is 27.7 Å². The lowest BCUT2D eigenvalue weighted by atomic mass is 10.1. The Hall–Kier alpha value is -2.90. The van der Waals surface area contributed by atoms with E-state index in [4.69, 9.17) is 4.74 Å². The number of carbonyl (C=O) groups excluding carboxylic acids is 1. The SMILES string of the molecule is CCN(C(=O)OC(C)(C)C)c1cc([N+](=O)[O-])c(O)c2ncccc12. The number of benzene rings is 1. The van der Waals surface area contributed by atoms with Crippen LogP contribution in [0.5, 0.6) is 5.75 Å². The van der Waals surface area contributed by atoms with Gasteiger partial charge in [-0.15, -0.1) is 0 Å². The number of nitro benzene ring substituents is 1. The van der Waals surface area contributed by atoms with Gasteiger partial charge >= 0.3 is 11.8 Å². The number of nitro groups is 1. The lowest BCUT2D eigenvalue weighted by Crippen LogP contribution is -2.36. The largest absolute Gasteiger partial charge is 0.501 e. The molecule has 0 aliphatic carbocycles. The van der Waals surface area contributed by atoms with E-state index in [2.05, 4.69) is 4.98 Å². The Kier molecular flexibility index (Phi) is 4.59. The summed E-state index contributed by atoms with van der Waals surface area (Å²) in [6.07, 6.45) is 0.786. The Balaban J connectivity index is 2.67. The molecule has 2 aromatic rings. The normalized spacial score (nSPS) is 11.3. The van der Waals surface area contributed by atoms with Crippen LogP contribution in [0.25, 0.3) is 10.9 Å². The quantitative estimate of drug-likeness (QED) is 0.679. The Morgan fingerprint density at radius 1 is 1.46 bits per heavy atom. The number of hydrogen-bond acceptors (Lipinski definition) is 6. The second kappa shape index (κ2) is 6.31. The average molecular weight is 333 g/mol. The molecule has 0 bridgehead atoms. The standard InChI is InChI=1S/C16H19N3O5/c1-5-18(15(21)24-16(2,3)4)11-9-12(19(22)23)14(20)13-10(11)7-6-8-17-13/h6-9,20H,5H2,1-4H3. The first-order chi connectivity index (χ1) is 11.2. The van der Waals surface area contributed by atoms with Gasteiger partial charge in [-0.1, -0.05) is 0 Å². The summed E-state index contributed by atoms with van der Waals surface area (Å²) < 4.78 is 5.36. The third-order valence-electron chi connectivity index (χ3n) is 3.24. The van der Waals surface area contributed by atoms with Crippen LogP contribution in [0.3, 0.4) is 0 Å². The van der Waals surface area contributed by atoms with E-state index in [9.17, 15) is 20.0 Å². The molecule has 1 amide bonds. The zero-order valence-electron chi connectivity index (χ0n) is 13.9. The molecule has 8 nitrogen and oxygen atoms in total. The fourth-order valence-corrected chi connectivity index (χ4v) is 2.27. The van der Waals surface area contributed by atoms with E-state index in [1.54, 1.807) is 39.8 Å². The molecule has 0 saturated heterocycles. The second-order valence-electron chi connectivity index (χ2n) is 6.14. The number of carbonyl (C=O) groups is 1. The number of amides is 1.